The first kappa shape index (κ1) is 26.8. The van der Waals surface area contributed by atoms with Gasteiger partial charge in [0.1, 0.15) is 0 Å². The van der Waals surface area contributed by atoms with E-state index in [0.717, 1.165) is 25.7 Å². The van der Waals surface area contributed by atoms with Gasteiger partial charge in [-0.3, -0.25) is 4.18 Å². The predicted molar refractivity (Wildman–Crippen MR) is 95.1 cm³/mol. The molecule has 0 saturated carbocycles. The van der Waals surface area contributed by atoms with Crippen LogP contribution in [0.25, 0.3) is 0 Å². The Hall–Kier alpha value is 0.610. The van der Waals surface area contributed by atoms with Crippen molar-refractivity contribution in [1.29, 1.82) is 0 Å². The Kier molecular flexibility index (Phi) is 22.3. The van der Waals surface area contributed by atoms with E-state index < -0.39 is 10.4 Å². The van der Waals surface area contributed by atoms with Crippen LogP contribution in [0.4, 0.5) is 0 Å². The van der Waals surface area contributed by atoms with E-state index in [2.05, 4.69) is 23.3 Å². The van der Waals surface area contributed by atoms with Crippen LogP contribution in [-0.2, 0) is 14.6 Å². The van der Waals surface area contributed by atoms with Crippen LogP contribution < -0.4 is 29.6 Å². The van der Waals surface area contributed by atoms with E-state index in [4.69, 9.17) is 0 Å². The molecule has 0 heterocycles. The van der Waals surface area contributed by atoms with E-state index in [1.54, 1.807) is 0 Å². The van der Waals surface area contributed by atoms with Crippen LogP contribution in [0.1, 0.15) is 96.8 Å². The van der Waals surface area contributed by atoms with Gasteiger partial charge in [0.05, 0.1) is 6.61 Å². The van der Waals surface area contributed by atoms with Gasteiger partial charge in [-0.15, -0.1) is 0 Å². The minimum Gasteiger partial charge on any atom is -0.726 e. The Morgan fingerprint density at radius 3 is 1.62 bits per heavy atom. The molecule has 24 heavy (non-hydrogen) atoms. The molecule has 0 fully saturated rings. The molecule has 0 spiro atoms. The van der Waals surface area contributed by atoms with Gasteiger partial charge in [0.15, 0.2) is 0 Å². The van der Waals surface area contributed by atoms with Crippen molar-refractivity contribution in [3.8, 4) is 0 Å². The number of unbranched alkanes of at least 4 members (excludes halogenated alkanes) is 12. The van der Waals surface area contributed by atoms with Crippen LogP contribution in [-0.4, -0.2) is 19.6 Å². The van der Waals surface area contributed by atoms with Gasteiger partial charge in [-0.25, -0.2) is 8.42 Å². The molecule has 0 atom stereocenters. The van der Waals surface area contributed by atoms with Crippen molar-refractivity contribution < 1.29 is 46.7 Å². The van der Waals surface area contributed by atoms with Crippen molar-refractivity contribution in [3.05, 3.63) is 12.2 Å². The molecule has 0 aliphatic carbocycles. The Labute approximate surface area is 172 Å². The molecule has 0 radical (unpaired) electrons. The zero-order valence-electron chi connectivity index (χ0n) is 15.8. The average molecular weight is 371 g/mol. The molecule has 0 rings (SSSR count). The van der Waals surface area contributed by atoms with Crippen molar-refractivity contribution in [2.45, 2.75) is 96.8 Å². The summed E-state index contributed by atoms with van der Waals surface area (Å²) in [4.78, 5) is 0. The molecule has 0 saturated heterocycles. The predicted octanol–water partition coefficient (Wildman–Crippen LogP) is 2.50. The zero-order chi connectivity index (χ0) is 17.2. The van der Waals surface area contributed by atoms with Crippen molar-refractivity contribution in [2.75, 3.05) is 6.61 Å². The first-order chi connectivity index (χ1) is 11.1. The molecule has 0 aliphatic rings. The van der Waals surface area contributed by atoms with Crippen LogP contribution in [0.5, 0.6) is 0 Å². The minimum atomic E-state index is -4.50. The van der Waals surface area contributed by atoms with Crippen molar-refractivity contribution in [2.24, 2.45) is 0 Å². The number of hydrogen-bond acceptors (Lipinski definition) is 4. The average Bonchev–Trinajstić information content (AvgIpc) is 2.49. The summed E-state index contributed by atoms with van der Waals surface area (Å²) < 4.78 is 34.8. The molecular formula is C18H35NaO4S. The third-order valence-electron chi connectivity index (χ3n) is 3.88. The van der Waals surface area contributed by atoms with E-state index in [-0.39, 0.29) is 36.2 Å². The molecular weight excluding hydrogens is 335 g/mol. The maximum absolute atomic E-state index is 10.2. The molecule has 0 unspecified atom stereocenters. The van der Waals surface area contributed by atoms with E-state index >= 15 is 0 Å². The Morgan fingerprint density at radius 1 is 0.750 bits per heavy atom. The standard InChI is InChI=1S/C18H36O4S.Na/c1-2-3-4-5-6-7-8-9-10-11-12-13-14-15-16-17-18-22-23(19,20)21;/h9-10H,2-8,11-18H2,1H3,(H,19,20,21);/q;+1/p-1. The quantitative estimate of drug-likeness (QED) is 0.130. The van der Waals surface area contributed by atoms with Crippen molar-refractivity contribution >= 4 is 10.4 Å². The fraction of sp³-hybridized carbons (Fsp3) is 0.889. The van der Waals surface area contributed by atoms with Gasteiger partial charge in [0.25, 0.3) is 0 Å². The zero-order valence-corrected chi connectivity index (χ0v) is 18.6. The third-order valence-corrected chi connectivity index (χ3v) is 4.34. The molecule has 0 aromatic carbocycles. The largest absolute Gasteiger partial charge is 1.00 e. The summed E-state index contributed by atoms with van der Waals surface area (Å²) in [5.74, 6) is 0. The Balaban J connectivity index is 0. The SMILES string of the molecule is CCCCCCCCC=CCCCCCCCCOS(=O)(=O)[O-].[Na+]. The summed E-state index contributed by atoms with van der Waals surface area (Å²) in [7, 11) is -4.50. The molecule has 0 aromatic rings. The molecule has 0 aromatic heterocycles. The second kappa shape index (κ2) is 19.9. The first-order valence-corrected chi connectivity index (χ1v) is 10.6. The molecule has 138 valence electrons. The number of allylic oxidation sites excluding steroid dienone is 2. The third kappa shape index (κ3) is 24.9. The summed E-state index contributed by atoms with van der Waals surface area (Å²) in [6, 6.07) is 0. The monoisotopic (exact) mass is 370 g/mol. The maximum Gasteiger partial charge on any atom is 1.00 e. The van der Waals surface area contributed by atoms with Crippen LogP contribution >= 0.6 is 0 Å². The molecule has 0 aliphatic heterocycles. The van der Waals surface area contributed by atoms with E-state index in [9.17, 15) is 13.0 Å². The minimum absolute atomic E-state index is 0. The fourth-order valence-corrected chi connectivity index (χ4v) is 2.83. The molecule has 0 bridgehead atoms. The smallest absolute Gasteiger partial charge is 0.726 e. The second-order valence-corrected chi connectivity index (χ2v) is 7.22. The fourth-order valence-electron chi connectivity index (χ4n) is 2.51. The topological polar surface area (TPSA) is 66.4 Å². The Bertz CT molecular complexity index is 369. The van der Waals surface area contributed by atoms with E-state index in [1.807, 2.05) is 0 Å². The van der Waals surface area contributed by atoms with Gasteiger partial charge >= 0.3 is 29.6 Å². The van der Waals surface area contributed by atoms with Gasteiger partial charge in [-0.05, 0) is 32.1 Å². The summed E-state index contributed by atoms with van der Waals surface area (Å²) in [5.41, 5.74) is 0. The number of hydrogen-bond donors (Lipinski definition) is 0. The maximum atomic E-state index is 10.2. The van der Waals surface area contributed by atoms with Crippen LogP contribution in [0.15, 0.2) is 12.2 Å². The summed E-state index contributed by atoms with van der Waals surface area (Å²) in [6.07, 6.45) is 21.4. The second-order valence-electron chi connectivity index (χ2n) is 6.17. The summed E-state index contributed by atoms with van der Waals surface area (Å²) in [5, 5.41) is 0. The van der Waals surface area contributed by atoms with Gasteiger partial charge in [-0.1, -0.05) is 76.9 Å². The molecule has 0 amide bonds. The van der Waals surface area contributed by atoms with Crippen LogP contribution in [0, 0.1) is 0 Å². The molecule has 4 nitrogen and oxygen atoms in total. The van der Waals surface area contributed by atoms with E-state index in [1.165, 1.54) is 57.8 Å². The van der Waals surface area contributed by atoms with Gasteiger partial charge in [0.2, 0.25) is 10.4 Å². The van der Waals surface area contributed by atoms with Crippen LogP contribution in [0.2, 0.25) is 0 Å². The first-order valence-electron chi connectivity index (χ1n) is 9.31. The summed E-state index contributed by atoms with van der Waals surface area (Å²) in [6.45, 7) is 2.27. The Morgan fingerprint density at radius 2 is 1.17 bits per heavy atom. The van der Waals surface area contributed by atoms with Crippen molar-refractivity contribution in [1.82, 2.24) is 0 Å². The van der Waals surface area contributed by atoms with Gasteiger partial charge in [-0.2, -0.15) is 0 Å². The van der Waals surface area contributed by atoms with Crippen LogP contribution in [0.3, 0.4) is 0 Å². The normalized spacial score (nSPS) is 11.8. The van der Waals surface area contributed by atoms with Crippen molar-refractivity contribution in [3.63, 3.8) is 0 Å². The molecule has 6 heteroatoms. The molecule has 0 N–H and O–H groups in total. The van der Waals surface area contributed by atoms with Gasteiger partial charge in [0, 0.05) is 0 Å². The van der Waals surface area contributed by atoms with Gasteiger partial charge < -0.3 is 4.55 Å². The number of rotatable bonds is 17. The summed E-state index contributed by atoms with van der Waals surface area (Å²) >= 11 is 0. The van der Waals surface area contributed by atoms with E-state index in [0.29, 0.717) is 6.42 Å².